The second kappa shape index (κ2) is 4.69. The summed E-state index contributed by atoms with van der Waals surface area (Å²) in [5, 5.41) is 0.750. The first-order valence-corrected chi connectivity index (χ1v) is 6.16. The first-order valence-electron chi connectivity index (χ1n) is 4.56. The lowest BCUT2D eigenvalue weighted by atomic mass is 10.1. The van der Waals surface area contributed by atoms with Gasteiger partial charge in [0.1, 0.15) is 0 Å². The number of aromatic nitrogens is 1. The summed E-state index contributed by atoms with van der Waals surface area (Å²) < 4.78 is 0. The average Bonchev–Trinajstić information content (AvgIpc) is 2.30. The molecule has 0 atom stereocenters. The van der Waals surface area contributed by atoms with Crippen LogP contribution >= 0.6 is 23.4 Å². The van der Waals surface area contributed by atoms with Crippen molar-refractivity contribution in [3.63, 3.8) is 0 Å². The molecule has 0 bridgehead atoms. The van der Waals surface area contributed by atoms with Crippen LogP contribution in [-0.4, -0.2) is 11.2 Å². The third-order valence-electron chi connectivity index (χ3n) is 2.11. The number of halogens is 1. The van der Waals surface area contributed by atoms with E-state index in [9.17, 15) is 0 Å². The molecule has 0 saturated heterocycles. The topological polar surface area (TPSA) is 12.9 Å². The summed E-state index contributed by atoms with van der Waals surface area (Å²) in [4.78, 5) is 5.57. The van der Waals surface area contributed by atoms with Gasteiger partial charge in [0.2, 0.25) is 0 Å². The van der Waals surface area contributed by atoms with E-state index in [1.165, 1.54) is 4.90 Å². The molecule has 76 valence electrons. The van der Waals surface area contributed by atoms with Crippen LogP contribution in [0.3, 0.4) is 0 Å². The Morgan fingerprint density at radius 2 is 1.87 bits per heavy atom. The monoisotopic (exact) mass is 235 g/mol. The molecular formula is C12H10ClNS. The molecule has 3 heteroatoms. The number of thioether (sulfide) groups is 1. The molecule has 0 N–H and O–H groups in total. The van der Waals surface area contributed by atoms with Crippen molar-refractivity contribution in [2.24, 2.45) is 0 Å². The second-order valence-corrected chi connectivity index (χ2v) is 4.35. The van der Waals surface area contributed by atoms with Crippen molar-refractivity contribution in [3.8, 4) is 11.3 Å². The van der Waals surface area contributed by atoms with Gasteiger partial charge in [-0.2, -0.15) is 0 Å². The van der Waals surface area contributed by atoms with Crippen LogP contribution in [0.2, 0.25) is 5.02 Å². The molecule has 0 fully saturated rings. The predicted molar refractivity (Wildman–Crippen MR) is 66.5 cm³/mol. The molecule has 1 nitrogen and oxygen atoms in total. The minimum absolute atomic E-state index is 0.750. The van der Waals surface area contributed by atoms with Gasteiger partial charge in [0, 0.05) is 21.7 Å². The fraction of sp³-hybridized carbons (Fsp3) is 0.0833. The van der Waals surface area contributed by atoms with Crippen molar-refractivity contribution in [2.45, 2.75) is 4.90 Å². The van der Waals surface area contributed by atoms with Gasteiger partial charge in [-0.1, -0.05) is 23.7 Å². The van der Waals surface area contributed by atoms with Crippen LogP contribution in [0.4, 0.5) is 0 Å². The smallest absolute Gasteiger partial charge is 0.0837 e. The molecule has 1 heterocycles. The molecule has 0 aliphatic carbocycles. The Morgan fingerprint density at radius 1 is 1.13 bits per heavy atom. The second-order valence-electron chi connectivity index (χ2n) is 3.06. The van der Waals surface area contributed by atoms with Gasteiger partial charge in [0.25, 0.3) is 0 Å². The molecule has 2 aromatic rings. The summed E-state index contributed by atoms with van der Waals surface area (Å²) in [5.41, 5.74) is 2.12. The van der Waals surface area contributed by atoms with Crippen LogP contribution in [-0.2, 0) is 0 Å². The highest BCUT2D eigenvalue weighted by molar-refractivity contribution is 7.98. The van der Waals surface area contributed by atoms with E-state index in [1.807, 2.05) is 36.5 Å². The largest absolute Gasteiger partial charge is 0.255 e. The average molecular weight is 236 g/mol. The molecule has 0 saturated carbocycles. The predicted octanol–water partition coefficient (Wildman–Crippen LogP) is 4.12. The Kier molecular flexibility index (Phi) is 3.29. The maximum atomic E-state index is 5.85. The zero-order chi connectivity index (χ0) is 10.7. The van der Waals surface area contributed by atoms with Crippen LogP contribution in [0, 0.1) is 0 Å². The van der Waals surface area contributed by atoms with E-state index < -0.39 is 0 Å². The van der Waals surface area contributed by atoms with E-state index in [0.717, 1.165) is 16.3 Å². The molecular weight excluding hydrogens is 226 g/mol. The highest BCUT2D eigenvalue weighted by atomic mass is 35.5. The number of pyridine rings is 1. The van der Waals surface area contributed by atoms with Gasteiger partial charge < -0.3 is 0 Å². The summed E-state index contributed by atoms with van der Waals surface area (Å²) in [7, 11) is 0. The Labute approximate surface area is 98.5 Å². The Hall–Kier alpha value is -0.990. The number of rotatable bonds is 2. The van der Waals surface area contributed by atoms with Crippen LogP contribution in [0.5, 0.6) is 0 Å². The number of nitrogens with zero attached hydrogens (tertiary/aromatic N) is 1. The maximum absolute atomic E-state index is 5.85. The summed E-state index contributed by atoms with van der Waals surface area (Å²) >= 11 is 7.55. The van der Waals surface area contributed by atoms with Crippen molar-refractivity contribution < 1.29 is 0 Å². The molecule has 0 aliphatic rings. The van der Waals surface area contributed by atoms with Crippen molar-refractivity contribution in [2.75, 3.05) is 6.26 Å². The van der Waals surface area contributed by atoms with Crippen LogP contribution in [0.15, 0.2) is 47.5 Å². The van der Waals surface area contributed by atoms with E-state index in [2.05, 4.69) is 17.3 Å². The molecule has 0 amide bonds. The maximum Gasteiger partial charge on any atom is 0.0837 e. The Morgan fingerprint density at radius 3 is 2.53 bits per heavy atom. The first kappa shape index (κ1) is 10.5. The SMILES string of the molecule is CSc1cccnc1-c1ccc(Cl)cc1. The highest BCUT2D eigenvalue weighted by Crippen LogP contribution is 2.28. The van der Waals surface area contributed by atoms with Gasteiger partial charge in [0.05, 0.1) is 5.69 Å². The van der Waals surface area contributed by atoms with Gasteiger partial charge in [-0.15, -0.1) is 11.8 Å². The quantitative estimate of drug-likeness (QED) is 0.727. The molecule has 2 rings (SSSR count). The van der Waals surface area contributed by atoms with Crippen molar-refractivity contribution in [1.29, 1.82) is 0 Å². The molecule has 1 aromatic heterocycles. The molecule has 0 radical (unpaired) electrons. The Balaban J connectivity index is 2.49. The summed E-state index contributed by atoms with van der Waals surface area (Å²) in [6.45, 7) is 0. The van der Waals surface area contributed by atoms with E-state index >= 15 is 0 Å². The van der Waals surface area contributed by atoms with Crippen molar-refractivity contribution in [3.05, 3.63) is 47.6 Å². The van der Waals surface area contributed by atoms with Crippen LogP contribution < -0.4 is 0 Å². The number of hydrogen-bond acceptors (Lipinski definition) is 2. The summed E-state index contributed by atoms with van der Waals surface area (Å²) in [5.74, 6) is 0. The standard InChI is InChI=1S/C12H10ClNS/c1-15-11-3-2-8-14-12(11)9-4-6-10(13)7-5-9/h2-8H,1H3. The summed E-state index contributed by atoms with van der Waals surface area (Å²) in [6, 6.07) is 11.8. The van der Waals surface area contributed by atoms with Gasteiger partial charge in [-0.25, -0.2) is 0 Å². The third kappa shape index (κ3) is 2.33. The Bertz CT molecular complexity index is 453. The van der Waals surface area contributed by atoms with Gasteiger partial charge in [-0.05, 0) is 30.5 Å². The van der Waals surface area contributed by atoms with Gasteiger partial charge >= 0.3 is 0 Å². The lowest BCUT2D eigenvalue weighted by molar-refractivity contribution is 1.24. The van der Waals surface area contributed by atoms with Gasteiger partial charge in [0.15, 0.2) is 0 Å². The molecule has 0 spiro atoms. The van der Waals surface area contributed by atoms with E-state index in [1.54, 1.807) is 11.8 Å². The minimum Gasteiger partial charge on any atom is -0.255 e. The molecule has 1 aromatic carbocycles. The summed E-state index contributed by atoms with van der Waals surface area (Å²) in [6.07, 6.45) is 3.86. The van der Waals surface area contributed by atoms with E-state index in [-0.39, 0.29) is 0 Å². The highest BCUT2D eigenvalue weighted by Gasteiger charge is 2.04. The van der Waals surface area contributed by atoms with Crippen molar-refractivity contribution >= 4 is 23.4 Å². The van der Waals surface area contributed by atoms with Crippen molar-refractivity contribution in [1.82, 2.24) is 4.98 Å². The van der Waals surface area contributed by atoms with E-state index in [0.29, 0.717) is 0 Å². The zero-order valence-corrected chi connectivity index (χ0v) is 9.85. The normalized spacial score (nSPS) is 10.3. The lowest BCUT2D eigenvalue weighted by Crippen LogP contribution is -1.85. The zero-order valence-electron chi connectivity index (χ0n) is 8.27. The molecule has 0 unspecified atom stereocenters. The minimum atomic E-state index is 0.750. The van der Waals surface area contributed by atoms with Gasteiger partial charge in [-0.3, -0.25) is 4.98 Å². The van der Waals surface area contributed by atoms with Crippen LogP contribution in [0.1, 0.15) is 0 Å². The molecule has 0 aliphatic heterocycles. The number of hydrogen-bond donors (Lipinski definition) is 0. The fourth-order valence-corrected chi connectivity index (χ4v) is 2.08. The third-order valence-corrected chi connectivity index (χ3v) is 3.13. The lowest BCUT2D eigenvalue weighted by Gasteiger charge is -2.05. The van der Waals surface area contributed by atoms with E-state index in [4.69, 9.17) is 11.6 Å². The molecule has 15 heavy (non-hydrogen) atoms. The first-order chi connectivity index (χ1) is 7.31. The van der Waals surface area contributed by atoms with Crippen LogP contribution in [0.25, 0.3) is 11.3 Å². The number of benzene rings is 1. The fourth-order valence-electron chi connectivity index (χ4n) is 1.38.